The molecule has 0 aliphatic carbocycles. The van der Waals surface area contributed by atoms with Gasteiger partial charge < -0.3 is 9.88 Å². The van der Waals surface area contributed by atoms with E-state index in [0.29, 0.717) is 13.1 Å². The summed E-state index contributed by atoms with van der Waals surface area (Å²) in [5.41, 5.74) is 3.39. The summed E-state index contributed by atoms with van der Waals surface area (Å²) in [6.07, 6.45) is 3.59. The lowest BCUT2D eigenvalue weighted by molar-refractivity contribution is 0.759. The predicted molar refractivity (Wildman–Crippen MR) is 100 cm³/mol. The van der Waals surface area contributed by atoms with E-state index in [0.717, 1.165) is 21.4 Å². The van der Waals surface area contributed by atoms with E-state index in [1.54, 1.807) is 29.1 Å². The maximum atomic E-state index is 11.7. The Kier molecular flexibility index (Phi) is 5.11. The molecular weight excluding hydrogens is 366 g/mol. The van der Waals surface area contributed by atoms with Crippen molar-refractivity contribution in [2.75, 3.05) is 5.32 Å². The minimum absolute atomic E-state index is 0.0139. The molecule has 0 unspecified atom stereocenters. The van der Waals surface area contributed by atoms with Crippen LogP contribution in [-0.2, 0) is 13.1 Å². The summed E-state index contributed by atoms with van der Waals surface area (Å²) in [5, 5.41) is 3.35. The zero-order valence-electron chi connectivity index (χ0n) is 13.4. The highest BCUT2D eigenvalue weighted by Gasteiger charge is 2.02. The molecule has 0 fully saturated rings. The number of nitrogens with one attached hydrogen (secondary N) is 1. The van der Waals surface area contributed by atoms with Gasteiger partial charge in [-0.15, -0.1) is 0 Å². The standard InChI is InChI=1S/C19H18BrN3O/c1-14-10-17(20)12-22-19(14)21-11-15-5-7-16(8-6-15)13-23-9-3-2-4-18(23)24/h2-10,12H,11,13H2,1H3,(H,21,22). The minimum Gasteiger partial charge on any atom is -0.366 e. The number of aryl methyl sites for hydroxylation is 1. The molecule has 0 atom stereocenters. The Balaban J connectivity index is 1.64. The average molecular weight is 384 g/mol. The van der Waals surface area contributed by atoms with Crippen molar-refractivity contribution in [1.29, 1.82) is 0 Å². The third-order valence-electron chi connectivity index (χ3n) is 3.78. The number of benzene rings is 1. The number of halogens is 1. The lowest BCUT2D eigenvalue weighted by Gasteiger charge is -2.10. The van der Waals surface area contributed by atoms with Crippen molar-refractivity contribution in [2.45, 2.75) is 20.0 Å². The van der Waals surface area contributed by atoms with Gasteiger partial charge in [0, 0.05) is 29.5 Å². The summed E-state index contributed by atoms with van der Waals surface area (Å²) in [6.45, 7) is 3.32. The van der Waals surface area contributed by atoms with Crippen molar-refractivity contribution < 1.29 is 0 Å². The fourth-order valence-electron chi connectivity index (χ4n) is 2.46. The van der Waals surface area contributed by atoms with E-state index in [-0.39, 0.29) is 5.56 Å². The Labute approximate surface area is 149 Å². The van der Waals surface area contributed by atoms with E-state index in [9.17, 15) is 4.79 Å². The third-order valence-corrected chi connectivity index (χ3v) is 4.21. The molecule has 0 saturated carbocycles. The topological polar surface area (TPSA) is 46.9 Å². The van der Waals surface area contributed by atoms with Crippen molar-refractivity contribution in [3.63, 3.8) is 0 Å². The van der Waals surface area contributed by atoms with Crippen molar-refractivity contribution >= 4 is 21.7 Å². The SMILES string of the molecule is Cc1cc(Br)cnc1NCc1ccc(Cn2ccccc2=O)cc1. The maximum absolute atomic E-state index is 11.7. The summed E-state index contributed by atoms with van der Waals surface area (Å²) in [7, 11) is 0. The van der Waals surface area contributed by atoms with Crippen molar-refractivity contribution in [3.8, 4) is 0 Å². The summed E-state index contributed by atoms with van der Waals surface area (Å²) in [6, 6.07) is 15.5. The largest absolute Gasteiger partial charge is 0.366 e. The molecule has 0 saturated heterocycles. The first kappa shape index (κ1) is 16.5. The van der Waals surface area contributed by atoms with Gasteiger partial charge in [0.2, 0.25) is 0 Å². The molecule has 122 valence electrons. The molecule has 3 rings (SSSR count). The normalized spacial score (nSPS) is 10.6. The van der Waals surface area contributed by atoms with Crippen LogP contribution in [0.4, 0.5) is 5.82 Å². The third kappa shape index (κ3) is 4.11. The Morgan fingerprint density at radius 2 is 1.88 bits per heavy atom. The molecule has 1 N–H and O–H groups in total. The van der Waals surface area contributed by atoms with Gasteiger partial charge in [0.05, 0.1) is 6.54 Å². The van der Waals surface area contributed by atoms with Gasteiger partial charge in [0.15, 0.2) is 0 Å². The van der Waals surface area contributed by atoms with Gasteiger partial charge in [-0.2, -0.15) is 0 Å². The van der Waals surface area contributed by atoms with E-state index < -0.39 is 0 Å². The highest BCUT2D eigenvalue weighted by molar-refractivity contribution is 9.10. The highest BCUT2D eigenvalue weighted by Crippen LogP contribution is 2.17. The van der Waals surface area contributed by atoms with Crippen LogP contribution in [0.1, 0.15) is 16.7 Å². The number of anilines is 1. The van der Waals surface area contributed by atoms with Gasteiger partial charge in [-0.1, -0.05) is 30.3 Å². The van der Waals surface area contributed by atoms with E-state index in [2.05, 4.69) is 50.5 Å². The average Bonchev–Trinajstić information content (AvgIpc) is 2.57. The number of aromatic nitrogens is 2. The van der Waals surface area contributed by atoms with Crippen LogP contribution >= 0.6 is 15.9 Å². The lowest BCUT2D eigenvalue weighted by atomic mass is 10.1. The smallest absolute Gasteiger partial charge is 0.250 e. The van der Waals surface area contributed by atoms with Crippen LogP contribution in [0.2, 0.25) is 0 Å². The molecule has 24 heavy (non-hydrogen) atoms. The van der Waals surface area contributed by atoms with Gasteiger partial charge in [-0.05, 0) is 51.7 Å². The van der Waals surface area contributed by atoms with E-state index in [1.807, 2.05) is 19.1 Å². The predicted octanol–water partition coefficient (Wildman–Crippen LogP) is 3.97. The molecule has 4 nitrogen and oxygen atoms in total. The van der Waals surface area contributed by atoms with Gasteiger partial charge in [0.25, 0.3) is 5.56 Å². The zero-order chi connectivity index (χ0) is 16.9. The van der Waals surface area contributed by atoms with Crippen LogP contribution in [0.5, 0.6) is 0 Å². The number of hydrogen-bond acceptors (Lipinski definition) is 3. The van der Waals surface area contributed by atoms with Crippen molar-refractivity contribution in [2.24, 2.45) is 0 Å². The number of hydrogen-bond donors (Lipinski definition) is 1. The summed E-state index contributed by atoms with van der Waals surface area (Å²) >= 11 is 3.42. The molecule has 0 radical (unpaired) electrons. The first-order chi connectivity index (χ1) is 11.6. The zero-order valence-corrected chi connectivity index (χ0v) is 15.0. The fraction of sp³-hybridized carbons (Fsp3) is 0.158. The molecular formula is C19H18BrN3O. The summed E-state index contributed by atoms with van der Waals surface area (Å²) < 4.78 is 2.67. The van der Waals surface area contributed by atoms with Crippen LogP contribution in [0.15, 0.2) is 70.2 Å². The highest BCUT2D eigenvalue weighted by atomic mass is 79.9. The Hall–Kier alpha value is -2.40. The fourth-order valence-corrected chi connectivity index (χ4v) is 2.91. The molecule has 2 aromatic heterocycles. The summed E-state index contributed by atoms with van der Waals surface area (Å²) in [4.78, 5) is 16.1. The minimum atomic E-state index is 0.0139. The molecule has 0 aliphatic rings. The van der Waals surface area contributed by atoms with Crippen LogP contribution in [0.25, 0.3) is 0 Å². The molecule has 0 bridgehead atoms. The van der Waals surface area contributed by atoms with Gasteiger partial charge >= 0.3 is 0 Å². The van der Waals surface area contributed by atoms with E-state index in [1.165, 1.54) is 5.56 Å². The van der Waals surface area contributed by atoms with Crippen LogP contribution < -0.4 is 10.9 Å². The second-order valence-corrected chi connectivity index (χ2v) is 6.57. The molecule has 3 aromatic rings. The summed E-state index contributed by atoms with van der Waals surface area (Å²) in [5.74, 6) is 0.887. The van der Waals surface area contributed by atoms with E-state index in [4.69, 9.17) is 0 Å². The van der Waals surface area contributed by atoms with Crippen molar-refractivity contribution in [1.82, 2.24) is 9.55 Å². The van der Waals surface area contributed by atoms with Crippen LogP contribution in [-0.4, -0.2) is 9.55 Å². The number of pyridine rings is 2. The van der Waals surface area contributed by atoms with Crippen molar-refractivity contribution in [3.05, 3.63) is 92.4 Å². The maximum Gasteiger partial charge on any atom is 0.250 e. The second kappa shape index (κ2) is 7.45. The molecule has 1 aromatic carbocycles. The molecule has 0 spiro atoms. The first-order valence-electron chi connectivity index (χ1n) is 7.71. The second-order valence-electron chi connectivity index (χ2n) is 5.66. The monoisotopic (exact) mass is 383 g/mol. The first-order valence-corrected chi connectivity index (χ1v) is 8.50. The number of rotatable bonds is 5. The molecule has 0 aliphatic heterocycles. The van der Waals surface area contributed by atoms with Gasteiger partial charge in [0.1, 0.15) is 5.82 Å². The Morgan fingerprint density at radius 1 is 1.12 bits per heavy atom. The Bertz CT molecular complexity index is 888. The molecule has 2 heterocycles. The Morgan fingerprint density at radius 3 is 2.58 bits per heavy atom. The van der Waals surface area contributed by atoms with Crippen LogP contribution in [0, 0.1) is 6.92 Å². The molecule has 5 heteroatoms. The van der Waals surface area contributed by atoms with Crippen LogP contribution in [0.3, 0.4) is 0 Å². The van der Waals surface area contributed by atoms with Gasteiger partial charge in [-0.25, -0.2) is 4.98 Å². The van der Waals surface area contributed by atoms with E-state index >= 15 is 0 Å². The van der Waals surface area contributed by atoms with Gasteiger partial charge in [-0.3, -0.25) is 4.79 Å². The quantitative estimate of drug-likeness (QED) is 0.724. The lowest BCUT2D eigenvalue weighted by Crippen LogP contribution is -2.18. The number of nitrogens with zero attached hydrogens (tertiary/aromatic N) is 2. The molecule has 0 amide bonds.